The zero-order valence-corrected chi connectivity index (χ0v) is 9.58. The molecule has 0 aliphatic rings. The Hall–Kier alpha value is -1.76. The van der Waals surface area contributed by atoms with Gasteiger partial charge in [0.2, 0.25) is 0 Å². The van der Waals surface area contributed by atoms with E-state index < -0.39 is 12.2 Å². The molecule has 96 valence electrons. The smallest absolute Gasteiger partial charge is 0.258 e. The van der Waals surface area contributed by atoms with Crippen molar-refractivity contribution in [2.45, 2.75) is 18.6 Å². The average Bonchev–Trinajstić information content (AvgIpc) is 2.38. The monoisotopic (exact) mass is 250 g/mol. The van der Waals surface area contributed by atoms with Crippen molar-refractivity contribution in [3.63, 3.8) is 0 Å². The standard InChI is InChI=1S/C12H14N2O4/c15-4-3-10(16)11(17)7-1-2-9-8(5-7)12(18)14-6-13-9/h1-2,5-6,10-11,15-17H,3-4H2,(H,13,14,18). The second-order valence-corrected chi connectivity index (χ2v) is 4.03. The molecular formula is C12H14N2O4. The molecule has 0 amide bonds. The number of rotatable bonds is 4. The number of nitrogens with one attached hydrogen (secondary N) is 1. The second kappa shape index (κ2) is 5.26. The number of aliphatic hydroxyl groups is 3. The van der Waals surface area contributed by atoms with Crippen LogP contribution in [0.3, 0.4) is 0 Å². The maximum Gasteiger partial charge on any atom is 0.258 e. The predicted molar refractivity (Wildman–Crippen MR) is 65.0 cm³/mol. The van der Waals surface area contributed by atoms with E-state index in [-0.39, 0.29) is 18.6 Å². The highest BCUT2D eigenvalue weighted by Gasteiger charge is 2.18. The third-order valence-electron chi connectivity index (χ3n) is 2.80. The highest BCUT2D eigenvalue weighted by atomic mass is 16.3. The lowest BCUT2D eigenvalue weighted by atomic mass is 10.0. The number of fused-ring (bicyclic) bond motifs is 1. The molecule has 0 saturated heterocycles. The first-order valence-corrected chi connectivity index (χ1v) is 5.58. The largest absolute Gasteiger partial charge is 0.396 e. The molecule has 6 nitrogen and oxygen atoms in total. The van der Waals surface area contributed by atoms with Gasteiger partial charge in [0, 0.05) is 6.61 Å². The summed E-state index contributed by atoms with van der Waals surface area (Å²) < 4.78 is 0. The van der Waals surface area contributed by atoms with Gasteiger partial charge in [0.25, 0.3) is 5.56 Å². The van der Waals surface area contributed by atoms with E-state index in [4.69, 9.17) is 5.11 Å². The summed E-state index contributed by atoms with van der Waals surface area (Å²) in [5.41, 5.74) is 0.638. The van der Waals surface area contributed by atoms with Gasteiger partial charge in [-0.1, -0.05) is 6.07 Å². The van der Waals surface area contributed by atoms with Crippen LogP contribution in [0.4, 0.5) is 0 Å². The van der Waals surface area contributed by atoms with Gasteiger partial charge in [-0.25, -0.2) is 4.98 Å². The summed E-state index contributed by atoms with van der Waals surface area (Å²) in [4.78, 5) is 18.0. The highest BCUT2D eigenvalue weighted by molar-refractivity contribution is 5.77. The molecule has 4 N–H and O–H groups in total. The van der Waals surface area contributed by atoms with Crippen LogP contribution in [0.25, 0.3) is 10.9 Å². The van der Waals surface area contributed by atoms with Gasteiger partial charge in [-0.2, -0.15) is 0 Å². The van der Waals surface area contributed by atoms with Gasteiger partial charge in [0.05, 0.1) is 23.3 Å². The van der Waals surface area contributed by atoms with Crippen LogP contribution in [0.5, 0.6) is 0 Å². The molecule has 2 atom stereocenters. The van der Waals surface area contributed by atoms with E-state index in [9.17, 15) is 15.0 Å². The fraction of sp³-hybridized carbons (Fsp3) is 0.333. The van der Waals surface area contributed by atoms with E-state index in [1.807, 2.05) is 0 Å². The summed E-state index contributed by atoms with van der Waals surface area (Å²) in [7, 11) is 0. The molecule has 0 aliphatic carbocycles. The summed E-state index contributed by atoms with van der Waals surface area (Å²) in [6, 6.07) is 4.70. The SMILES string of the molecule is O=c1[nH]cnc2ccc(C(O)C(O)CCO)cc12. The molecule has 0 fully saturated rings. The van der Waals surface area contributed by atoms with Crippen LogP contribution in [-0.4, -0.2) is 38.0 Å². The van der Waals surface area contributed by atoms with Crippen molar-refractivity contribution in [1.29, 1.82) is 0 Å². The summed E-state index contributed by atoms with van der Waals surface area (Å²) >= 11 is 0. The van der Waals surface area contributed by atoms with Crippen LogP contribution in [0, 0.1) is 0 Å². The zero-order chi connectivity index (χ0) is 13.1. The fourth-order valence-corrected chi connectivity index (χ4v) is 1.78. The van der Waals surface area contributed by atoms with Crippen LogP contribution >= 0.6 is 0 Å². The topological polar surface area (TPSA) is 106 Å². The first-order chi connectivity index (χ1) is 8.63. The van der Waals surface area contributed by atoms with E-state index in [0.717, 1.165) is 0 Å². The summed E-state index contributed by atoms with van der Waals surface area (Å²) in [5.74, 6) is 0. The Bertz CT molecular complexity index is 596. The van der Waals surface area contributed by atoms with Gasteiger partial charge in [-0.05, 0) is 24.1 Å². The molecular weight excluding hydrogens is 236 g/mol. The normalized spacial score (nSPS) is 14.6. The fourth-order valence-electron chi connectivity index (χ4n) is 1.78. The van der Waals surface area contributed by atoms with E-state index in [1.165, 1.54) is 12.4 Å². The third-order valence-corrected chi connectivity index (χ3v) is 2.80. The molecule has 0 bridgehead atoms. The number of aromatic nitrogens is 2. The van der Waals surface area contributed by atoms with Gasteiger partial charge in [0.1, 0.15) is 6.10 Å². The average molecular weight is 250 g/mol. The Labute approximate surface area is 103 Å². The molecule has 1 aromatic carbocycles. The Morgan fingerprint density at radius 2 is 2.11 bits per heavy atom. The predicted octanol–water partition coefficient (Wildman–Crippen LogP) is -0.300. The van der Waals surface area contributed by atoms with E-state index in [1.54, 1.807) is 12.1 Å². The molecule has 6 heteroatoms. The Morgan fingerprint density at radius 3 is 2.83 bits per heavy atom. The molecule has 18 heavy (non-hydrogen) atoms. The second-order valence-electron chi connectivity index (χ2n) is 4.03. The molecule has 0 saturated carbocycles. The van der Waals surface area contributed by atoms with Crippen LogP contribution in [0.15, 0.2) is 29.3 Å². The molecule has 0 aliphatic heterocycles. The molecule has 2 rings (SSSR count). The zero-order valence-electron chi connectivity index (χ0n) is 9.58. The van der Waals surface area contributed by atoms with Crippen molar-refractivity contribution >= 4 is 10.9 Å². The summed E-state index contributed by atoms with van der Waals surface area (Å²) in [6.45, 7) is -0.214. The van der Waals surface area contributed by atoms with E-state index >= 15 is 0 Å². The van der Waals surface area contributed by atoms with Crippen LogP contribution in [0.1, 0.15) is 18.1 Å². The van der Waals surface area contributed by atoms with E-state index in [2.05, 4.69) is 9.97 Å². The molecule has 2 aromatic rings. The Morgan fingerprint density at radius 1 is 1.33 bits per heavy atom. The van der Waals surface area contributed by atoms with Crippen molar-refractivity contribution in [1.82, 2.24) is 9.97 Å². The first kappa shape index (κ1) is 12.7. The van der Waals surface area contributed by atoms with Crippen molar-refractivity contribution in [2.75, 3.05) is 6.61 Å². The lowest BCUT2D eigenvalue weighted by Gasteiger charge is -2.17. The summed E-state index contributed by atoms with van der Waals surface area (Å²) in [6.07, 6.45) is -0.825. The molecule has 1 aromatic heterocycles. The van der Waals surface area contributed by atoms with E-state index in [0.29, 0.717) is 16.5 Å². The number of hydrogen-bond donors (Lipinski definition) is 4. The minimum absolute atomic E-state index is 0.0720. The van der Waals surface area contributed by atoms with Crippen molar-refractivity contribution in [3.05, 3.63) is 40.4 Å². The molecule has 0 radical (unpaired) electrons. The maximum atomic E-state index is 11.6. The Kier molecular flexibility index (Phi) is 3.71. The van der Waals surface area contributed by atoms with Gasteiger partial charge < -0.3 is 20.3 Å². The maximum absolute atomic E-state index is 11.6. The van der Waals surface area contributed by atoms with Crippen molar-refractivity contribution < 1.29 is 15.3 Å². The van der Waals surface area contributed by atoms with Gasteiger partial charge in [-0.15, -0.1) is 0 Å². The van der Waals surface area contributed by atoms with Gasteiger partial charge in [-0.3, -0.25) is 4.79 Å². The minimum Gasteiger partial charge on any atom is -0.396 e. The molecule has 2 unspecified atom stereocenters. The molecule has 1 heterocycles. The quantitative estimate of drug-likeness (QED) is 0.596. The number of H-pyrrole nitrogens is 1. The van der Waals surface area contributed by atoms with Crippen LogP contribution in [0.2, 0.25) is 0 Å². The number of aromatic amines is 1. The number of aliphatic hydroxyl groups excluding tert-OH is 3. The molecule has 0 spiro atoms. The van der Waals surface area contributed by atoms with Crippen molar-refractivity contribution in [3.8, 4) is 0 Å². The van der Waals surface area contributed by atoms with Crippen molar-refractivity contribution in [2.24, 2.45) is 0 Å². The number of hydrogen-bond acceptors (Lipinski definition) is 5. The number of benzene rings is 1. The minimum atomic E-state index is -1.14. The highest BCUT2D eigenvalue weighted by Crippen LogP contribution is 2.21. The third kappa shape index (κ3) is 2.40. The van der Waals surface area contributed by atoms with Crippen LogP contribution in [-0.2, 0) is 0 Å². The lowest BCUT2D eigenvalue weighted by Crippen LogP contribution is -2.19. The van der Waals surface area contributed by atoms with Crippen LogP contribution < -0.4 is 5.56 Å². The lowest BCUT2D eigenvalue weighted by molar-refractivity contribution is 0.00428. The summed E-state index contributed by atoms with van der Waals surface area (Å²) in [5, 5.41) is 28.5. The van der Waals surface area contributed by atoms with Gasteiger partial charge in [0.15, 0.2) is 0 Å². The Balaban J connectivity index is 2.40. The first-order valence-electron chi connectivity index (χ1n) is 5.58. The number of nitrogens with zero attached hydrogens (tertiary/aromatic N) is 1. The van der Waals surface area contributed by atoms with Gasteiger partial charge >= 0.3 is 0 Å².